The van der Waals surface area contributed by atoms with Crippen LogP contribution in [0, 0.1) is 0 Å². The van der Waals surface area contributed by atoms with Crippen LogP contribution in [0.4, 0.5) is 5.82 Å². The van der Waals surface area contributed by atoms with Crippen molar-refractivity contribution in [3.63, 3.8) is 0 Å². The van der Waals surface area contributed by atoms with E-state index in [1.807, 2.05) is 31.2 Å². The number of H-pyrrole nitrogens is 1. The summed E-state index contributed by atoms with van der Waals surface area (Å²) in [6, 6.07) is 8.11. The Labute approximate surface area is 175 Å². The van der Waals surface area contributed by atoms with Gasteiger partial charge in [-0.1, -0.05) is 6.92 Å². The summed E-state index contributed by atoms with van der Waals surface area (Å²) in [5.41, 5.74) is 5.85. The lowest BCUT2D eigenvalue weighted by Crippen LogP contribution is -3.13. The van der Waals surface area contributed by atoms with Gasteiger partial charge in [0.25, 0.3) is 5.56 Å². The molecule has 1 saturated heterocycles. The number of ether oxygens (including phenoxy) is 1. The molecule has 0 spiro atoms. The van der Waals surface area contributed by atoms with E-state index in [1.165, 1.54) is 4.57 Å². The van der Waals surface area contributed by atoms with Crippen LogP contribution in [0.25, 0.3) is 0 Å². The second-order valence-corrected chi connectivity index (χ2v) is 7.85. The molecule has 2 heterocycles. The molecule has 2 atom stereocenters. The summed E-state index contributed by atoms with van der Waals surface area (Å²) in [7, 11) is 1.64. The molecule has 1 unspecified atom stereocenters. The van der Waals surface area contributed by atoms with Gasteiger partial charge in [-0.3, -0.25) is 19.1 Å². The number of Topliss-reactive ketones (excluding diaryl/α,β-unsaturated/α-hetero) is 1. The highest BCUT2D eigenvalue weighted by atomic mass is 16.5. The van der Waals surface area contributed by atoms with Gasteiger partial charge in [-0.2, -0.15) is 0 Å². The fourth-order valence-corrected chi connectivity index (χ4v) is 4.30. The van der Waals surface area contributed by atoms with E-state index in [-0.39, 0.29) is 29.8 Å². The number of benzene rings is 1. The Bertz CT molecular complexity index is 994. The first-order valence-electron chi connectivity index (χ1n) is 10.6. The normalized spacial score (nSPS) is 19.3. The Hall–Kier alpha value is -2.87. The number of anilines is 1. The number of aromatic nitrogens is 2. The topological polar surface area (TPSA) is 112 Å². The van der Waals surface area contributed by atoms with E-state index < -0.39 is 11.2 Å². The number of hydrogen-bond acceptors (Lipinski definition) is 5. The fraction of sp³-hybridized carbons (Fsp3) is 0.500. The zero-order valence-corrected chi connectivity index (χ0v) is 17.7. The second kappa shape index (κ2) is 9.75. The number of likely N-dealkylation sites (tertiary alicyclic amines) is 1. The third-order valence-electron chi connectivity index (χ3n) is 5.85. The fourth-order valence-electron chi connectivity index (χ4n) is 4.30. The lowest BCUT2D eigenvalue weighted by atomic mass is 10.00. The monoisotopic (exact) mass is 415 g/mol. The molecular formula is C22H31N4O4+. The lowest BCUT2D eigenvalue weighted by molar-refractivity contribution is -0.923. The van der Waals surface area contributed by atoms with Gasteiger partial charge in [0.15, 0.2) is 0 Å². The summed E-state index contributed by atoms with van der Waals surface area (Å²) in [4.78, 5) is 41.0. The molecule has 0 aliphatic carbocycles. The van der Waals surface area contributed by atoms with Gasteiger partial charge in [-0.05, 0) is 49.9 Å². The zero-order valence-electron chi connectivity index (χ0n) is 17.7. The molecule has 0 radical (unpaired) electrons. The number of aromatic amines is 1. The molecule has 162 valence electrons. The van der Waals surface area contributed by atoms with Gasteiger partial charge in [0.1, 0.15) is 29.7 Å². The van der Waals surface area contributed by atoms with Crippen LogP contribution in [0.15, 0.2) is 33.9 Å². The van der Waals surface area contributed by atoms with E-state index in [0.29, 0.717) is 13.0 Å². The average molecular weight is 416 g/mol. The molecule has 0 saturated carbocycles. The van der Waals surface area contributed by atoms with E-state index in [2.05, 4.69) is 4.98 Å². The summed E-state index contributed by atoms with van der Waals surface area (Å²) in [6.45, 7) is 3.26. The smallest absolute Gasteiger partial charge is 0.329 e. The van der Waals surface area contributed by atoms with E-state index in [4.69, 9.17) is 10.5 Å². The number of nitrogens with zero attached hydrogens (tertiary/aromatic N) is 1. The molecule has 1 fully saturated rings. The highest BCUT2D eigenvalue weighted by Gasteiger charge is 2.30. The maximum absolute atomic E-state index is 13.2. The Morgan fingerprint density at radius 1 is 1.23 bits per heavy atom. The lowest BCUT2D eigenvalue weighted by Gasteiger charge is -2.27. The third kappa shape index (κ3) is 4.64. The first-order chi connectivity index (χ1) is 14.5. The maximum atomic E-state index is 13.2. The first-order valence-corrected chi connectivity index (χ1v) is 10.6. The van der Waals surface area contributed by atoms with E-state index >= 15 is 0 Å². The van der Waals surface area contributed by atoms with Crippen molar-refractivity contribution in [2.45, 2.75) is 51.6 Å². The molecule has 8 nitrogen and oxygen atoms in total. The molecule has 30 heavy (non-hydrogen) atoms. The molecule has 0 bridgehead atoms. The summed E-state index contributed by atoms with van der Waals surface area (Å²) >= 11 is 0. The van der Waals surface area contributed by atoms with Gasteiger partial charge in [0, 0.05) is 18.5 Å². The van der Waals surface area contributed by atoms with Crippen molar-refractivity contribution in [1.29, 1.82) is 0 Å². The number of ketones is 1. The third-order valence-corrected chi connectivity index (χ3v) is 5.85. The molecule has 1 aromatic carbocycles. The highest BCUT2D eigenvalue weighted by molar-refractivity contribution is 6.00. The highest BCUT2D eigenvalue weighted by Crippen LogP contribution is 2.22. The van der Waals surface area contributed by atoms with Crippen molar-refractivity contribution < 1.29 is 14.4 Å². The van der Waals surface area contributed by atoms with Crippen LogP contribution in [0.5, 0.6) is 5.75 Å². The minimum atomic E-state index is -0.704. The Balaban J connectivity index is 1.90. The van der Waals surface area contributed by atoms with Crippen LogP contribution in [0.1, 0.15) is 61.0 Å². The van der Waals surface area contributed by atoms with E-state index in [0.717, 1.165) is 48.4 Å². The predicted octanol–water partition coefficient (Wildman–Crippen LogP) is 0.920. The minimum absolute atomic E-state index is 0.0363. The van der Waals surface area contributed by atoms with Gasteiger partial charge in [-0.15, -0.1) is 0 Å². The number of carbonyl (C=O) groups excluding carboxylic acids is 1. The summed E-state index contributed by atoms with van der Waals surface area (Å²) < 4.78 is 6.53. The van der Waals surface area contributed by atoms with Crippen LogP contribution in [0.3, 0.4) is 0 Å². The Morgan fingerprint density at radius 3 is 2.63 bits per heavy atom. The van der Waals surface area contributed by atoms with Crippen molar-refractivity contribution in [1.82, 2.24) is 9.55 Å². The second-order valence-electron chi connectivity index (χ2n) is 7.85. The van der Waals surface area contributed by atoms with Crippen LogP contribution >= 0.6 is 0 Å². The van der Waals surface area contributed by atoms with Crippen molar-refractivity contribution in [2.75, 3.05) is 25.9 Å². The van der Waals surface area contributed by atoms with Gasteiger partial charge in [-0.25, -0.2) is 4.79 Å². The Kier molecular flexibility index (Phi) is 7.10. The average Bonchev–Trinajstić information content (AvgIpc) is 2.96. The summed E-state index contributed by atoms with van der Waals surface area (Å²) in [5.74, 6) is 0.433. The molecular weight excluding hydrogens is 384 g/mol. The molecule has 1 aliphatic rings. The SMILES string of the molecule is CCCn1c(N)c(C(=O)C[NH+]2CCCCC[C@@H]2c2ccc(OC)cc2)c(=O)[nH]c1=O. The molecule has 4 N–H and O–H groups in total. The number of hydrogen-bond donors (Lipinski definition) is 3. The van der Waals surface area contributed by atoms with Gasteiger partial charge < -0.3 is 15.4 Å². The first kappa shape index (κ1) is 21.8. The molecule has 1 aliphatic heterocycles. The van der Waals surface area contributed by atoms with Crippen molar-refractivity contribution >= 4 is 11.6 Å². The molecule has 3 rings (SSSR count). The number of nitrogens with one attached hydrogen (secondary N) is 2. The van der Waals surface area contributed by atoms with E-state index in [9.17, 15) is 14.4 Å². The molecule has 2 aromatic rings. The number of nitrogens with two attached hydrogens (primary N) is 1. The van der Waals surface area contributed by atoms with Crippen molar-refractivity contribution in [2.24, 2.45) is 0 Å². The zero-order chi connectivity index (χ0) is 21.7. The van der Waals surface area contributed by atoms with Crippen LogP contribution in [-0.2, 0) is 6.54 Å². The predicted molar refractivity (Wildman–Crippen MR) is 115 cm³/mol. The number of quaternary nitrogens is 1. The number of methoxy groups -OCH3 is 1. The Morgan fingerprint density at radius 2 is 1.97 bits per heavy atom. The largest absolute Gasteiger partial charge is 0.497 e. The minimum Gasteiger partial charge on any atom is -0.497 e. The molecule has 1 aromatic heterocycles. The van der Waals surface area contributed by atoms with Crippen LogP contribution < -0.4 is 26.6 Å². The van der Waals surface area contributed by atoms with E-state index in [1.54, 1.807) is 7.11 Å². The van der Waals surface area contributed by atoms with Crippen molar-refractivity contribution in [3.8, 4) is 5.75 Å². The molecule has 8 heteroatoms. The van der Waals surface area contributed by atoms with Crippen molar-refractivity contribution in [3.05, 3.63) is 56.2 Å². The number of carbonyl (C=O) groups is 1. The molecule has 0 amide bonds. The van der Waals surface area contributed by atoms with Gasteiger partial charge in [0.05, 0.1) is 13.7 Å². The number of nitrogen functional groups attached to an aromatic ring is 1. The summed E-state index contributed by atoms with van der Waals surface area (Å²) in [6.07, 6.45) is 4.88. The van der Waals surface area contributed by atoms with Gasteiger partial charge >= 0.3 is 5.69 Å². The van der Waals surface area contributed by atoms with Gasteiger partial charge in [0.2, 0.25) is 5.78 Å². The van der Waals surface area contributed by atoms with Crippen LogP contribution in [-0.4, -0.2) is 35.5 Å². The number of rotatable bonds is 7. The summed E-state index contributed by atoms with van der Waals surface area (Å²) in [5, 5.41) is 0. The maximum Gasteiger partial charge on any atom is 0.329 e. The standard InChI is InChI=1S/C22H30N4O4/c1-3-12-26-20(23)19(21(28)24-22(26)29)18(27)14-25-13-6-4-5-7-17(25)15-8-10-16(30-2)11-9-15/h8-11,17H,3-7,12-14,23H2,1-2H3,(H,24,28,29)/p+1/t17-/m1/s1. The van der Waals surface area contributed by atoms with Crippen LogP contribution in [0.2, 0.25) is 0 Å². The quantitative estimate of drug-likeness (QED) is 0.582.